The quantitative estimate of drug-likeness (QED) is 0.166. The number of benzene rings is 3. The number of carboxylic acid groups (broad SMARTS) is 1. The predicted molar refractivity (Wildman–Crippen MR) is 181 cm³/mol. The van der Waals surface area contributed by atoms with Crippen LogP contribution >= 0.6 is 23.5 Å². The van der Waals surface area contributed by atoms with Crippen LogP contribution in [0.25, 0.3) is 10.8 Å². The monoisotopic (exact) mass is 623 g/mol. The third-order valence-electron chi connectivity index (χ3n) is 7.64. The molecule has 0 saturated carbocycles. The Labute approximate surface area is 264 Å². The van der Waals surface area contributed by atoms with E-state index in [0.29, 0.717) is 31.0 Å². The number of aliphatic carboxylic acids is 1. The van der Waals surface area contributed by atoms with Crippen molar-refractivity contribution in [2.75, 3.05) is 30.9 Å². The molecule has 0 heterocycles. The summed E-state index contributed by atoms with van der Waals surface area (Å²) >= 11 is 3.13. The summed E-state index contributed by atoms with van der Waals surface area (Å²) in [5.41, 5.74) is 3.47. The van der Waals surface area contributed by atoms with E-state index in [4.69, 9.17) is 0 Å². The number of rotatable bonds is 18. The summed E-state index contributed by atoms with van der Waals surface area (Å²) in [4.78, 5) is 40.1. The van der Waals surface area contributed by atoms with E-state index < -0.39 is 12.0 Å². The number of carbonyl (C=O) groups is 3. The first-order chi connectivity index (χ1) is 20.7. The Morgan fingerprint density at radius 2 is 1.67 bits per heavy atom. The third kappa shape index (κ3) is 11.5. The number of nitrogens with one attached hydrogen (secondary N) is 2. The fourth-order valence-corrected chi connectivity index (χ4v) is 6.19. The number of nitrogens with zero attached hydrogens (tertiary/aromatic N) is 1. The highest BCUT2D eigenvalue weighted by Gasteiger charge is 2.25. The first kappa shape index (κ1) is 34.5. The zero-order valence-electron chi connectivity index (χ0n) is 25.7. The van der Waals surface area contributed by atoms with E-state index in [-0.39, 0.29) is 30.3 Å². The Morgan fingerprint density at radius 3 is 2.37 bits per heavy atom. The molecule has 0 aliphatic rings. The maximum atomic E-state index is 13.2. The van der Waals surface area contributed by atoms with Gasteiger partial charge in [0.1, 0.15) is 6.04 Å². The van der Waals surface area contributed by atoms with Crippen LogP contribution in [0.4, 0.5) is 0 Å². The number of hydrogen-bond acceptors (Lipinski definition) is 6. The van der Waals surface area contributed by atoms with Crippen molar-refractivity contribution in [1.29, 1.82) is 0 Å². The number of hydrogen-bond donors (Lipinski definition) is 3. The molecule has 2 amide bonds. The molecule has 3 atom stereocenters. The van der Waals surface area contributed by atoms with Crippen LogP contribution in [-0.4, -0.2) is 70.7 Å². The van der Waals surface area contributed by atoms with Gasteiger partial charge in [-0.3, -0.25) is 14.5 Å². The summed E-state index contributed by atoms with van der Waals surface area (Å²) < 4.78 is 0. The second-order valence-corrected chi connectivity index (χ2v) is 13.1. The highest BCUT2D eigenvalue weighted by molar-refractivity contribution is 7.99. The first-order valence-electron chi connectivity index (χ1n) is 14.8. The van der Waals surface area contributed by atoms with E-state index in [1.807, 2.05) is 29.4 Å². The van der Waals surface area contributed by atoms with Crippen LogP contribution in [0.3, 0.4) is 0 Å². The van der Waals surface area contributed by atoms with Crippen LogP contribution in [0, 0.1) is 12.8 Å². The third-order valence-corrected chi connectivity index (χ3v) is 9.29. The normalized spacial score (nSPS) is 13.4. The van der Waals surface area contributed by atoms with Crippen LogP contribution < -0.4 is 10.6 Å². The van der Waals surface area contributed by atoms with Crippen LogP contribution in [0.15, 0.2) is 66.7 Å². The molecule has 3 unspecified atom stereocenters. The van der Waals surface area contributed by atoms with Gasteiger partial charge in [-0.05, 0) is 53.2 Å². The van der Waals surface area contributed by atoms with Gasteiger partial charge in [0, 0.05) is 24.9 Å². The van der Waals surface area contributed by atoms with Gasteiger partial charge in [-0.25, -0.2) is 4.79 Å². The van der Waals surface area contributed by atoms with Crippen molar-refractivity contribution in [3.63, 3.8) is 0 Å². The van der Waals surface area contributed by atoms with Crippen LogP contribution in [0.5, 0.6) is 0 Å². The Bertz CT molecular complexity index is 1330. The molecule has 0 saturated heterocycles. The maximum absolute atomic E-state index is 13.2. The topological polar surface area (TPSA) is 98.7 Å². The van der Waals surface area contributed by atoms with Gasteiger partial charge in [0.05, 0.1) is 12.3 Å². The minimum atomic E-state index is -1.03. The van der Waals surface area contributed by atoms with Crippen molar-refractivity contribution >= 4 is 52.1 Å². The summed E-state index contributed by atoms with van der Waals surface area (Å²) in [5.74, 6) is 0.530. The fraction of sp³-hybridized carbons (Fsp3) is 0.441. The van der Waals surface area contributed by atoms with Crippen LogP contribution in [0.1, 0.15) is 43.4 Å². The van der Waals surface area contributed by atoms with E-state index in [2.05, 4.69) is 79.9 Å². The van der Waals surface area contributed by atoms with Gasteiger partial charge < -0.3 is 15.7 Å². The van der Waals surface area contributed by atoms with Crippen LogP contribution in [-0.2, 0) is 26.7 Å². The van der Waals surface area contributed by atoms with Crippen molar-refractivity contribution in [3.05, 3.63) is 83.4 Å². The number of carboxylic acids is 1. The molecule has 0 bridgehead atoms. The number of carbonyl (C=O) groups excluding carboxylic acids is 2. The van der Waals surface area contributed by atoms with Crippen molar-refractivity contribution in [2.24, 2.45) is 5.92 Å². The lowest BCUT2D eigenvalue weighted by Gasteiger charge is -2.31. The molecule has 0 radical (unpaired) electrons. The molecular formula is C34H45N3O4S2. The van der Waals surface area contributed by atoms with E-state index in [9.17, 15) is 19.5 Å². The second kappa shape index (κ2) is 18.0. The highest BCUT2D eigenvalue weighted by Crippen LogP contribution is 2.21. The van der Waals surface area contributed by atoms with Gasteiger partial charge in [0.25, 0.3) is 0 Å². The van der Waals surface area contributed by atoms with Crippen LogP contribution in [0.2, 0.25) is 0 Å². The van der Waals surface area contributed by atoms with Gasteiger partial charge in [-0.15, -0.1) is 11.8 Å². The van der Waals surface area contributed by atoms with E-state index in [1.54, 1.807) is 23.5 Å². The van der Waals surface area contributed by atoms with E-state index in [0.717, 1.165) is 28.5 Å². The molecule has 3 N–H and O–H groups in total. The molecule has 0 aliphatic carbocycles. The average Bonchev–Trinajstić information content (AvgIpc) is 2.99. The van der Waals surface area contributed by atoms with Crippen molar-refractivity contribution < 1.29 is 19.5 Å². The Morgan fingerprint density at radius 1 is 0.953 bits per heavy atom. The van der Waals surface area contributed by atoms with Gasteiger partial charge in [0.2, 0.25) is 11.8 Å². The molecule has 3 aromatic rings. The molecule has 3 aromatic carbocycles. The lowest BCUT2D eigenvalue weighted by molar-refractivity contribution is -0.142. The van der Waals surface area contributed by atoms with Crippen molar-refractivity contribution in [2.45, 2.75) is 58.0 Å². The Hall–Kier alpha value is -3.01. The Kier molecular flexibility index (Phi) is 14.4. The molecular weight excluding hydrogens is 579 g/mol. The van der Waals surface area contributed by atoms with Gasteiger partial charge in [-0.2, -0.15) is 11.8 Å². The second-order valence-electron chi connectivity index (χ2n) is 11.1. The average molecular weight is 624 g/mol. The molecule has 9 heteroatoms. The summed E-state index contributed by atoms with van der Waals surface area (Å²) in [7, 11) is 0. The Balaban J connectivity index is 1.75. The lowest BCUT2D eigenvalue weighted by Crippen LogP contribution is -2.51. The number of amides is 2. The molecule has 3 rings (SSSR count). The SMILES string of the molecule is CCC(C)C(CN(CC(=O)NC(CCSC)C(=O)O)Cc1cccc2ccccc12)NC(=O)CSCc1ccc(C)cc1. The largest absolute Gasteiger partial charge is 0.480 e. The van der Waals surface area contributed by atoms with Gasteiger partial charge in [0.15, 0.2) is 0 Å². The molecule has 0 aromatic heterocycles. The fourth-order valence-electron chi connectivity index (χ4n) is 4.92. The minimum absolute atomic E-state index is 0.0250. The van der Waals surface area contributed by atoms with Crippen molar-refractivity contribution in [1.82, 2.24) is 15.5 Å². The smallest absolute Gasteiger partial charge is 0.326 e. The molecule has 0 spiro atoms. The summed E-state index contributed by atoms with van der Waals surface area (Å²) in [6.07, 6.45) is 3.14. The number of fused-ring (bicyclic) bond motifs is 1. The predicted octanol–water partition coefficient (Wildman–Crippen LogP) is 5.74. The maximum Gasteiger partial charge on any atom is 0.326 e. The first-order valence-corrected chi connectivity index (χ1v) is 17.4. The molecule has 7 nitrogen and oxygen atoms in total. The van der Waals surface area contributed by atoms with E-state index >= 15 is 0 Å². The number of aryl methyl sites for hydroxylation is 1. The molecule has 43 heavy (non-hydrogen) atoms. The standard InChI is InChI=1S/C34H45N3O4S2/c1-5-25(3)31(36-33(39)23-43-22-26-15-13-24(2)14-16-26)20-37(21-32(38)35-30(34(40)41)17-18-42-4)19-28-11-8-10-27-9-6-7-12-29(27)28/h6-16,25,30-31H,5,17-23H2,1-4H3,(H,35,38)(H,36,39)(H,40,41). The lowest BCUT2D eigenvalue weighted by atomic mass is 9.97. The minimum Gasteiger partial charge on any atom is -0.480 e. The van der Waals surface area contributed by atoms with Gasteiger partial charge >= 0.3 is 5.97 Å². The van der Waals surface area contributed by atoms with Gasteiger partial charge in [-0.1, -0.05) is 92.6 Å². The summed E-state index contributed by atoms with van der Waals surface area (Å²) in [6.45, 7) is 7.25. The molecule has 232 valence electrons. The number of thioether (sulfide) groups is 2. The van der Waals surface area contributed by atoms with Crippen molar-refractivity contribution in [3.8, 4) is 0 Å². The zero-order valence-corrected chi connectivity index (χ0v) is 27.3. The zero-order chi connectivity index (χ0) is 31.2. The molecule has 0 fully saturated rings. The molecule has 0 aliphatic heterocycles. The van der Waals surface area contributed by atoms with E-state index in [1.165, 1.54) is 11.1 Å². The summed E-state index contributed by atoms with van der Waals surface area (Å²) in [6, 6.07) is 21.5. The highest BCUT2D eigenvalue weighted by atomic mass is 32.2. The summed E-state index contributed by atoms with van der Waals surface area (Å²) in [5, 5.41) is 17.8.